The van der Waals surface area contributed by atoms with Crippen LogP contribution in [0.2, 0.25) is 0 Å². The van der Waals surface area contributed by atoms with Gasteiger partial charge in [-0.05, 0) is 0 Å². The summed E-state index contributed by atoms with van der Waals surface area (Å²) < 4.78 is 4.30. The molecule has 0 saturated carbocycles. The molecule has 5 heteroatoms. The number of amides is 1. The maximum Gasteiger partial charge on any atom is 0.355 e. The van der Waals surface area contributed by atoms with Crippen molar-refractivity contribution < 1.29 is 14.3 Å². The molecule has 0 aliphatic carbocycles. The zero-order valence-electron chi connectivity index (χ0n) is 6.18. The minimum absolute atomic E-state index is 0.0679. The van der Waals surface area contributed by atoms with Gasteiger partial charge >= 0.3 is 5.97 Å². The molecule has 0 atom stereocenters. The molecule has 0 aromatic carbocycles. The van der Waals surface area contributed by atoms with Crippen LogP contribution >= 0.6 is 11.6 Å². The molecule has 0 heterocycles. The van der Waals surface area contributed by atoms with Gasteiger partial charge in [0.1, 0.15) is 5.70 Å². The van der Waals surface area contributed by atoms with Crippen molar-refractivity contribution in [2.45, 2.75) is 6.92 Å². The number of hydrogen-bond acceptors (Lipinski definition) is 3. The Labute approximate surface area is 69.2 Å². The molecule has 0 radical (unpaired) electrons. The standard InChI is InChI=1S/C6H8ClNO3/c1-4(9)8-5(3-7)6(10)11-2/h3H,1-2H3,(H,8,9)/b5-3+. The highest BCUT2D eigenvalue weighted by atomic mass is 35.5. The summed E-state index contributed by atoms with van der Waals surface area (Å²) in [6, 6.07) is 0. The number of carbonyl (C=O) groups excluding carboxylic acids is 2. The topological polar surface area (TPSA) is 55.4 Å². The van der Waals surface area contributed by atoms with Gasteiger partial charge in [-0.2, -0.15) is 0 Å². The Morgan fingerprint density at radius 2 is 2.09 bits per heavy atom. The molecule has 1 amide bonds. The third-order valence-electron chi connectivity index (χ3n) is 0.825. The number of ether oxygens (including phenoxy) is 1. The average Bonchev–Trinajstić information content (AvgIpc) is 1.98. The van der Waals surface area contributed by atoms with Crippen molar-refractivity contribution in [2.24, 2.45) is 0 Å². The normalized spacial score (nSPS) is 10.6. The number of nitrogens with one attached hydrogen (secondary N) is 1. The van der Waals surface area contributed by atoms with Gasteiger partial charge in [0.25, 0.3) is 0 Å². The second-order valence-electron chi connectivity index (χ2n) is 1.70. The summed E-state index contributed by atoms with van der Waals surface area (Å²) in [5.41, 5.74) is 0.884. The molecule has 0 bridgehead atoms. The van der Waals surface area contributed by atoms with E-state index in [4.69, 9.17) is 11.6 Å². The molecule has 62 valence electrons. The van der Waals surface area contributed by atoms with E-state index in [1.807, 2.05) is 0 Å². The van der Waals surface area contributed by atoms with Gasteiger partial charge in [-0.3, -0.25) is 4.79 Å². The van der Waals surface area contributed by atoms with Crippen molar-refractivity contribution in [3.05, 3.63) is 11.2 Å². The van der Waals surface area contributed by atoms with Gasteiger partial charge in [0.15, 0.2) is 0 Å². The number of halogens is 1. The van der Waals surface area contributed by atoms with Crippen molar-refractivity contribution in [3.63, 3.8) is 0 Å². The van der Waals surface area contributed by atoms with E-state index >= 15 is 0 Å². The molecule has 0 aliphatic heterocycles. The fourth-order valence-electron chi connectivity index (χ4n) is 0.422. The zero-order chi connectivity index (χ0) is 8.85. The first-order valence-corrected chi connectivity index (χ1v) is 3.21. The molecule has 0 unspecified atom stereocenters. The van der Waals surface area contributed by atoms with E-state index in [9.17, 15) is 9.59 Å². The van der Waals surface area contributed by atoms with E-state index < -0.39 is 5.97 Å². The first kappa shape index (κ1) is 9.97. The molecule has 0 aromatic heterocycles. The molecule has 0 aliphatic rings. The Balaban J connectivity index is 4.20. The molecule has 0 rings (SSSR count). The highest BCUT2D eigenvalue weighted by Crippen LogP contribution is 1.94. The largest absolute Gasteiger partial charge is 0.464 e. The minimum Gasteiger partial charge on any atom is -0.464 e. The molecular formula is C6H8ClNO3. The zero-order valence-corrected chi connectivity index (χ0v) is 6.94. The highest BCUT2D eigenvalue weighted by molar-refractivity contribution is 6.27. The minimum atomic E-state index is -0.671. The molecule has 4 nitrogen and oxygen atoms in total. The lowest BCUT2D eigenvalue weighted by Gasteiger charge is -2.02. The van der Waals surface area contributed by atoms with Crippen LogP contribution in [0, 0.1) is 0 Å². The van der Waals surface area contributed by atoms with E-state index in [-0.39, 0.29) is 11.6 Å². The Morgan fingerprint density at radius 1 is 1.55 bits per heavy atom. The first-order valence-electron chi connectivity index (χ1n) is 2.78. The van der Waals surface area contributed by atoms with Gasteiger partial charge in [-0.15, -0.1) is 0 Å². The van der Waals surface area contributed by atoms with Crippen LogP contribution in [0.1, 0.15) is 6.92 Å². The van der Waals surface area contributed by atoms with Crippen LogP contribution in [0.3, 0.4) is 0 Å². The number of carbonyl (C=O) groups is 2. The van der Waals surface area contributed by atoms with Gasteiger partial charge in [-0.1, -0.05) is 11.6 Å². The maximum absolute atomic E-state index is 10.7. The van der Waals surface area contributed by atoms with E-state index in [0.717, 1.165) is 5.54 Å². The van der Waals surface area contributed by atoms with E-state index in [1.54, 1.807) is 0 Å². The SMILES string of the molecule is COC(=O)/C(=C\Cl)NC(C)=O. The van der Waals surface area contributed by atoms with E-state index in [2.05, 4.69) is 10.1 Å². The second kappa shape index (κ2) is 4.73. The van der Waals surface area contributed by atoms with Gasteiger partial charge in [0, 0.05) is 12.5 Å². The lowest BCUT2D eigenvalue weighted by molar-refractivity contribution is -0.137. The van der Waals surface area contributed by atoms with Crippen molar-refractivity contribution in [3.8, 4) is 0 Å². The second-order valence-corrected chi connectivity index (χ2v) is 1.91. The lowest BCUT2D eigenvalue weighted by atomic mass is 10.5. The van der Waals surface area contributed by atoms with Crippen molar-refractivity contribution >= 4 is 23.5 Å². The Bertz CT molecular complexity index is 200. The van der Waals surface area contributed by atoms with Crippen LogP contribution in [0.15, 0.2) is 11.2 Å². The fraction of sp³-hybridized carbons (Fsp3) is 0.333. The van der Waals surface area contributed by atoms with Crippen LogP contribution in [0.5, 0.6) is 0 Å². The Hall–Kier alpha value is -1.03. The lowest BCUT2D eigenvalue weighted by Crippen LogP contribution is -2.25. The van der Waals surface area contributed by atoms with Crippen LogP contribution in [-0.2, 0) is 14.3 Å². The van der Waals surface area contributed by atoms with Gasteiger partial charge in [0.05, 0.1) is 7.11 Å². The Morgan fingerprint density at radius 3 is 2.36 bits per heavy atom. The molecule has 0 saturated heterocycles. The third kappa shape index (κ3) is 3.62. The smallest absolute Gasteiger partial charge is 0.355 e. The predicted octanol–water partition coefficient (Wildman–Crippen LogP) is 0.376. The highest BCUT2D eigenvalue weighted by Gasteiger charge is 2.09. The Kier molecular flexibility index (Phi) is 4.29. The van der Waals surface area contributed by atoms with Gasteiger partial charge in [0.2, 0.25) is 5.91 Å². The number of rotatable bonds is 2. The molecule has 0 spiro atoms. The predicted molar refractivity (Wildman–Crippen MR) is 39.8 cm³/mol. The number of methoxy groups -OCH3 is 1. The van der Waals surface area contributed by atoms with Gasteiger partial charge < -0.3 is 10.1 Å². The molecule has 0 fully saturated rings. The summed E-state index contributed by atoms with van der Waals surface area (Å²) in [4.78, 5) is 21.1. The third-order valence-corrected chi connectivity index (χ3v) is 1.04. The monoisotopic (exact) mass is 177 g/mol. The summed E-state index contributed by atoms with van der Waals surface area (Å²) >= 11 is 5.21. The van der Waals surface area contributed by atoms with Crippen molar-refractivity contribution in [2.75, 3.05) is 7.11 Å². The summed E-state index contributed by atoms with van der Waals surface area (Å²) in [5.74, 6) is -1.04. The quantitative estimate of drug-likeness (QED) is 0.490. The molecule has 0 aromatic rings. The summed E-state index contributed by atoms with van der Waals surface area (Å²) in [7, 11) is 1.20. The van der Waals surface area contributed by atoms with E-state index in [0.29, 0.717) is 0 Å². The molecule has 1 N–H and O–H groups in total. The van der Waals surface area contributed by atoms with Crippen LogP contribution < -0.4 is 5.32 Å². The van der Waals surface area contributed by atoms with Crippen LogP contribution in [-0.4, -0.2) is 19.0 Å². The van der Waals surface area contributed by atoms with E-state index in [1.165, 1.54) is 14.0 Å². The molecular weight excluding hydrogens is 170 g/mol. The van der Waals surface area contributed by atoms with Crippen LogP contribution in [0.4, 0.5) is 0 Å². The summed E-state index contributed by atoms with van der Waals surface area (Å²) in [6.45, 7) is 1.27. The van der Waals surface area contributed by atoms with Gasteiger partial charge in [-0.25, -0.2) is 4.79 Å². The van der Waals surface area contributed by atoms with Crippen molar-refractivity contribution in [1.82, 2.24) is 5.32 Å². The summed E-state index contributed by atoms with van der Waals surface area (Å²) in [5, 5.41) is 2.20. The maximum atomic E-state index is 10.7. The average molecular weight is 178 g/mol. The number of hydrogen-bond donors (Lipinski definition) is 1. The fourth-order valence-corrected chi connectivity index (χ4v) is 0.566. The van der Waals surface area contributed by atoms with Crippen LogP contribution in [0.25, 0.3) is 0 Å². The van der Waals surface area contributed by atoms with Crippen molar-refractivity contribution in [1.29, 1.82) is 0 Å². The number of esters is 1. The first-order chi connectivity index (χ1) is 5.11. The molecule has 11 heavy (non-hydrogen) atoms. The summed E-state index contributed by atoms with van der Waals surface area (Å²) in [6.07, 6.45) is 0.